The highest BCUT2D eigenvalue weighted by molar-refractivity contribution is 5.60. The Morgan fingerprint density at radius 2 is 0.577 bits per heavy atom. The van der Waals surface area contributed by atoms with Crippen molar-refractivity contribution in [1.29, 1.82) is 0 Å². The van der Waals surface area contributed by atoms with E-state index in [1.807, 2.05) is 41.5 Å². The number of unbranched alkanes of at least 4 members (excludes halogenated alkanes) is 28. The summed E-state index contributed by atoms with van der Waals surface area (Å²) in [7, 11) is 0. The second-order valence-electron chi connectivity index (χ2n) is 17.4. The topological polar surface area (TPSA) is 72.5 Å². The van der Waals surface area contributed by atoms with Crippen molar-refractivity contribution in [3.05, 3.63) is 0 Å². The zero-order valence-corrected chi connectivity index (χ0v) is 36.1. The first-order valence-corrected chi connectivity index (χ1v) is 22.5. The molecule has 0 bridgehead atoms. The highest BCUT2D eigenvalue weighted by Gasteiger charge is 2.25. The van der Waals surface area contributed by atoms with Gasteiger partial charge in [0, 0.05) is 12.8 Å². The van der Waals surface area contributed by atoms with Crippen LogP contribution in [0.15, 0.2) is 0 Å². The standard InChI is InChI=1S/C45H90O7/c1-9-11-13-15-17-19-21-23-25-27-29-31-33-35-37-39-41(49-51-44(3,4)5)47-43(46)48-42(50-52-45(6,7)8)40-38-36-34-32-30-28-26-24-22-20-18-16-14-12-10-2/h41-42H,9-40H2,1-8H3. The molecule has 0 aliphatic heterocycles. The average Bonchev–Trinajstić information content (AvgIpc) is 3.08. The van der Waals surface area contributed by atoms with E-state index >= 15 is 0 Å². The Labute approximate surface area is 323 Å². The number of ether oxygens (including phenoxy) is 2. The van der Waals surface area contributed by atoms with E-state index in [0.29, 0.717) is 12.8 Å². The Bertz CT molecular complexity index is 685. The van der Waals surface area contributed by atoms with E-state index in [0.717, 1.165) is 25.7 Å². The molecule has 0 aromatic heterocycles. The van der Waals surface area contributed by atoms with Gasteiger partial charge in [0.1, 0.15) is 0 Å². The fourth-order valence-corrected chi connectivity index (χ4v) is 6.26. The van der Waals surface area contributed by atoms with Crippen molar-refractivity contribution in [3.8, 4) is 0 Å². The Hall–Kier alpha value is -0.890. The van der Waals surface area contributed by atoms with Crippen molar-refractivity contribution in [2.45, 2.75) is 285 Å². The second kappa shape index (κ2) is 35.8. The lowest BCUT2D eigenvalue weighted by Crippen LogP contribution is -2.31. The average molecular weight is 743 g/mol. The van der Waals surface area contributed by atoms with Crippen LogP contribution in [0.2, 0.25) is 0 Å². The molecule has 7 heteroatoms. The molecule has 0 amide bonds. The molecule has 312 valence electrons. The summed E-state index contributed by atoms with van der Waals surface area (Å²) in [4.78, 5) is 35.2. The fourth-order valence-electron chi connectivity index (χ4n) is 6.26. The van der Waals surface area contributed by atoms with E-state index < -0.39 is 29.9 Å². The molecule has 52 heavy (non-hydrogen) atoms. The van der Waals surface area contributed by atoms with Crippen LogP contribution in [0.5, 0.6) is 0 Å². The predicted octanol–water partition coefficient (Wildman–Crippen LogP) is 15.8. The van der Waals surface area contributed by atoms with Gasteiger partial charge in [-0.3, -0.25) is 0 Å². The number of hydrogen-bond donors (Lipinski definition) is 0. The molecule has 0 spiro atoms. The minimum absolute atomic E-state index is 0.527. The van der Waals surface area contributed by atoms with Gasteiger partial charge in [0.15, 0.2) is 0 Å². The number of rotatable bonds is 38. The zero-order valence-electron chi connectivity index (χ0n) is 36.1. The zero-order chi connectivity index (χ0) is 38.6. The van der Waals surface area contributed by atoms with Gasteiger partial charge in [-0.05, 0) is 54.4 Å². The van der Waals surface area contributed by atoms with Crippen LogP contribution >= 0.6 is 0 Å². The van der Waals surface area contributed by atoms with Crippen LogP contribution in [0, 0.1) is 0 Å². The van der Waals surface area contributed by atoms with Crippen LogP contribution in [-0.2, 0) is 29.0 Å². The van der Waals surface area contributed by atoms with Gasteiger partial charge in [-0.15, -0.1) is 0 Å². The summed E-state index contributed by atoms with van der Waals surface area (Å²) in [6.07, 6.45) is 37.5. The molecule has 0 saturated carbocycles. The first-order valence-electron chi connectivity index (χ1n) is 22.5. The third-order valence-corrected chi connectivity index (χ3v) is 9.35. The quantitative estimate of drug-likeness (QED) is 0.0205. The summed E-state index contributed by atoms with van der Waals surface area (Å²) in [5.74, 6) is 0. The van der Waals surface area contributed by atoms with Crippen molar-refractivity contribution >= 4 is 6.16 Å². The summed E-state index contributed by atoms with van der Waals surface area (Å²) in [6.45, 7) is 16.0. The van der Waals surface area contributed by atoms with Gasteiger partial charge in [0.25, 0.3) is 0 Å². The van der Waals surface area contributed by atoms with Crippen molar-refractivity contribution < 1.29 is 33.8 Å². The molecule has 0 aliphatic carbocycles. The molecule has 0 aromatic carbocycles. The molecular weight excluding hydrogens is 652 g/mol. The van der Waals surface area contributed by atoms with E-state index in [9.17, 15) is 4.79 Å². The van der Waals surface area contributed by atoms with Crippen LogP contribution in [0.4, 0.5) is 4.79 Å². The molecule has 0 fully saturated rings. The van der Waals surface area contributed by atoms with Crippen LogP contribution < -0.4 is 0 Å². The Morgan fingerprint density at radius 1 is 0.365 bits per heavy atom. The van der Waals surface area contributed by atoms with E-state index in [1.165, 1.54) is 167 Å². The van der Waals surface area contributed by atoms with E-state index in [1.54, 1.807) is 0 Å². The molecule has 0 radical (unpaired) electrons. The van der Waals surface area contributed by atoms with Crippen molar-refractivity contribution in [2.75, 3.05) is 0 Å². The minimum Gasteiger partial charge on any atom is -0.401 e. The summed E-state index contributed by atoms with van der Waals surface area (Å²) < 4.78 is 11.2. The smallest absolute Gasteiger partial charge is 0.401 e. The number of carbonyl (C=O) groups excluding carboxylic acids is 1. The highest BCUT2D eigenvalue weighted by Crippen LogP contribution is 2.20. The maximum Gasteiger partial charge on any atom is 0.513 e. The summed E-state index contributed by atoms with van der Waals surface area (Å²) in [6, 6.07) is 0. The van der Waals surface area contributed by atoms with Crippen molar-refractivity contribution in [3.63, 3.8) is 0 Å². The SMILES string of the molecule is CCCCCCCCCCCCCCCCCC(OOC(C)(C)C)OC(=O)OC(CCCCCCCCCCCCCCCCC)OOC(C)(C)C. The Kier molecular flexibility index (Phi) is 35.2. The van der Waals surface area contributed by atoms with Crippen LogP contribution in [-0.4, -0.2) is 29.9 Å². The minimum atomic E-state index is -0.844. The van der Waals surface area contributed by atoms with Gasteiger partial charge in [-0.25, -0.2) is 14.6 Å². The van der Waals surface area contributed by atoms with Crippen molar-refractivity contribution in [1.82, 2.24) is 0 Å². The van der Waals surface area contributed by atoms with E-state index in [-0.39, 0.29) is 0 Å². The Morgan fingerprint density at radius 3 is 0.788 bits per heavy atom. The molecule has 0 heterocycles. The maximum atomic E-state index is 12.9. The third kappa shape index (κ3) is 40.3. The lowest BCUT2D eigenvalue weighted by Gasteiger charge is -2.25. The van der Waals surface area contributed by atoms with Gasteiger partial charge in [0.2, 0.25) is 12.6 Å². The normalized spacial score (nSPS) is 13.4. The molecular formula is C45H90O7. The van der Waals surface area contributed by atoms with Gasteiger partial charge < -0.3 is 9.47 Å². The first kappa shape index (κ1) is 51.1. The molecule has 7 nitrogen and oxygen atoms in total. The van der Waals surface area contributed by atoms with Gasteiger partial charge in [0.05, 0.1) is 11.2 Å². The Balaban J connectivity index is 4.37. The van der Waals surface area contributed by atoms with E-state index in [2.05, 4.69) is 13.8 Å². The van der Waals surface area contributed by atoms with E-state index in [4.69, 9.17) is 29.0 Å². The van der Waals surface area contributed by atoms with Gasteiger partial charge in [-0.2, -0.15) is 9.78 Å². The molecule has 0 aliphatic rings. The highest BCUT2D eigenvalue weighted by atomic mass is 17.2. The first-order chi connectivity index (χ1) is 25.0. The van der Waals surface area contributed by atoms with Crippen LogP contribution in [0.25, 0.3) is 0 Å². The second-order valence-corrected chi connectivity index (χ2v) is 17.4. The monoisotopic (exact) mass is 743 g/mol. The molecule has 0 rings (SSSR count). The largest absolute Gasteiger partial charge is 0.513 e. The molecule has 2 unspecified atom stereocenters. The molecule has 0 saturated heterocycles. The van der Waals surface area contributed by atoms with Crippen LogP contribution in [0.3, 0.4) is 0 Å². The number of carbonyl (C=O) groups is 1. The fraction of sp³-hybridized carbons (Fsp3) is 0.978. The maximum absolute atomic E-state index is 12.9. The summed E-state index contributed by atoms with van der Waals surface area (Å²) >= 11 is 0. The predicted molar refractivity (Wildman–Crippen MR) is 218 cm³/mol. The van der Waals surface area contributed by atoms with Gasteiger partial charge >= 0.3 is 6.16 Å². The third-order valence-electron chi connectivity index (χ3n) is 9.35. The molecule has 0 aromatic rings. The van der Waals surface area contributed by atoms with Gasteiger partial charge in [-0.1, -0.05) is 194 Å². The molecule has 0 N–H and O–H groups in total. The lowest BCUT2D eigenvalue weighted by molar-refractivity contribution is -0.421. The van der Waals surface area contributed by atoms with Crippen LogP contribution in [0.1, 0.15) is 261 Å². The van der Waals surface area contributed by atoms with Crippen molar-refractivity contribution in [2.24, 2.45) is 0 Å². The lowest BCUT2D eigenvalue weighted by atomic mass is 10.0. The summed E-state index contributed by atoms with van der Waals surface area (Å²) in [5, 5.41) is 0. The summed E-state index contributed by atoms with van der Waals surface area (Å²) in [5.41, 5.74) is -1.05. The molecule has 2 atom stereocenters. The number of hydrogen-bond acceptors (Lipinski definition) is 7.